The lowest BCUT2D eigenvalue weighted by molar-refractivity contribution is -0.122. The Hall–Kier alpha value is -3.53. The van der Waals surface area contributed by atoms with Gasteiger partial charge in [-0.25, -0.2) is 0 Å². The summed E-state index contributed by atoms with van der Waals surface area (Å²) in [5.41, 5.74) is 6.07. The largest absolute Gasteiger partial charge is 0.508 e. The van der Waals surface area contributed by atoms with Crippen molar-refractivity contribution in [3.63, 3.8) is 0 Å². The molecule has 0 spiro atoms. The molecule has 3 aromatic carbocycles. The SMILES string of the molecule is Cc1ccc(C2C=C3Nc4ccccc4NC(c4cccc(O)c4)C3C(=O)C2)cc1. The molecular formula is C26H24N2O2. The van der Waals surface area contributed by atoms with Crippen LogP contribution in [-0.4, -0.2) is 10.9 Å². The van der Waals surface area contributed by atoms with E-state index in [9.17, 15) is 9.90 Å². The van der Waals surface area contributed by atoms with E-state index in [2.05, 4.69) is 47.9 Å². The number of allylic oxidation sites excluding steroid dienone is 1. The highest BCUT2D eigenvalue weighted by atomic mass is 16.3. The minimum absolute atomic E-state index is 0.0481. The topological polar surface area (TPSA) is 61.4 Å². The lowest BCUT2D eigenvalue weighted by atomic mass is 9.76. The Bertz CT molecular complexity index is 1130. The number of carbonyl (C=O) groups is 1. The molecule has 4 heteroatoms. The average molecular weight is 396 g/mol. The van der Waals surface area contributed by atoms with E-state index in [-0.39, 0.29) is 29.4 Å². The molecule has 0 saturated heterocycles. The highest BCUT2D eigenvalue weighted by Gasteiger charge is 2.39. The van der Waals surface area contributed by atoms with E-state index in [0.29, 0.717) is 6.42 Å². The Morgan fingerprint density at radius 2 is 1.67 bits per heavy atom. The van der Waals surface area contributed by atoms with Crippen LogP contribution in [0.15, 0.2) is 84.6 Å². The molecule has 0 aromatic heterocycles. The van der Waals surface area contributed by atoms with Crippen LogP contribution in [0.1, 0.15) is 35.1 Å². The number of phenolic OH excluding ortho intramolecular Hbond substituents is 1. The van der Waals surface area contributed by atoms with Gasteiger partial charge in [-0.3, -0.25) is 4.79 Å². The summed E-state index contributed by atoms with van der Waals surface area (Å²) in [6.07, 6.45) is 2.67. The summed E-state index contributed by atoms with van der Waals surface area (Å²) in [6.45, 7) is 2.07. The van der Waals surface area contributed by atoms with Gasteiger partial charge in [0.2, 0.25) is 0 Å². The summed E-state index contributed by atoms with van der Waals surface area (Å²) in [5.74, 6) is 0.0955. The molecule has 0 amide bonds. The number of benzene rings is 3. The Balaban J connectivity index is 1.62. The fraction of sp³-hybridized carbons (Fsp3) is 0.192. The fourth-order valence-electron chi connectivity index (χ4n) is 4.53. The van der Waals surface area contributed by atoms with Crippen molar-refractivity contribution >= 4 is 17.2 Å². The lowest BCUT2D eigenvalue weighted by Crippen LogP contribution is -2.33. The van der Waals surface area contributed by atoms with Crippen molar-refractivity contribution in [3.05, 3.63) is 101 Å². The fourth-order valence-corrected chi connectivity index (χ4v) is 4.53. The number of hydrogen-bond acceptors (Lipinski definition) is 4. The number of phenols is 1. The smallest absolute Gasteiger partial charge is 0.145 e. The van der Waals surface area contributed by atoms with E-state index >= 15 is 0 Å². The van der Waals surface area contributed by atoms with E-state index < -0.39 is 0 Å². The number of ketones is 1. The summed E-state index contributed by atoms with van der Waals surface area (Å²) in [7, 11) is 0. The molecule has 3 atom stereocenters. The molecule has 3 aromatic rings. The number of nitrogens with one attached hydrogen (secondary N) is 2. The first kappa shape index (κ1) is 18.5. The number of fused-ring (bicyclic) bond motifs is 2. The second-order valence-corrected chi connectivity index (χ2v) is 8.17. The minimum Gasteiger partial charge on any atom is -0.508 e. The molecule has 0 bridgehead atoms. The summed E-state index contributed by atoms with van der Waals surface area (Å²) >= 11 is 0. The van der Waals surface area contributed by atoms with Crippen molar-refractivity contribution in [3.8, 4) is 5.75 Å². The van der Waals surface area contributed by atoms with Crippen molar-refractivity contribution < 1.29 is 9.90 Å². The molecule has 3 unspecified atom stereocenters. The monoisotopic (exact) mass is 396 g/mol. The highest BCUT2D eigenvalue weighted by molar-refractivity contribution is 5.90. The third kappa shape index (κ3) is 3.35. The molecule has 1 aliphatic carbocycles. The molecular weight excluding hydrogens is 372 g/mol. The normalized spacial score (nSPS) is 22.6. The number of carbonyl (C=O) groups excluding carboxylic acids is 1. The maximum atomic E-state index is 13.5. The quantitative estimate of drug-likeness (QED) is 0.533. The number of aromatic hydroxyl groups is 1. The molecule has 1 aliphatic heterocycles. The number of hydrogen-bond donors (Lipinski definition) is 3. The summed E-state index contributed by atoms with van der Waals surface area (Å²) in [5, 5.41) is 17.1. The van der Waals surface area contributed by atoms with Crippen molar-refractivity contribution in [1.82, 2.24) is 0 Å². The van der Waals surface area contributed by atoms with Crippen molar-refractivity contribution in [2.75, 3.05) is 10.6 Å². The summed E-state index contributed by atoms with van der Waals surface area (Å²) in [4.78, 5) is 13.5. The zero-order valence-corrected chi connectivity index (χ0v) is 16.8. The lowest BCUT2D eigenvalue weighted by Gasteiger charge is -2.32. The van der Waals surface area contributed by atoms with Crippen LogP contribution < -0.4 is 10.6 Å². The maximum absolute atomic E-state index is 13.5. The molecule has 0 radical (unpaired) electrons. The van der Waals surface area contributed by atoms with Crippen molar-refractivity contribution in [2.24, 2.45) is 5.92 Å². The molecule has 0 saturated carbocycles. The second kappa shape index (κ2) is 7.38. The molecule has 0 fully saturated rings. The predicted molar refractivity (Wildman–Crippen MR) is 120 cm³/mol. The zero-order chi connectivity index (χ0) is 20.7. The van der Waals surface area contributed by atoms with Gasteiger partial charge in [0.15, 0.2) is 0 Å². The first-order valence-electron chi connectivity index (χ1n) is 10.3. The second-order valence-electron chi connectivity index (χ2n) is 8.17. The van der Waals surface area contributed by atoms with Crippen molar-refractivity contribution in [1.29, 1.82) is 0 Å². The van der Waals surface area contributed by atoms with Gasteiger partial charge >= 0.3 is 0 Å². The van der Waals surface area contributed by atoms with Gasteiger partial charge in [-0.05, 0) is 42.3 Å². The van der Waals surface area contributed by atoms with Crippen LogP contribution in [0.2, 0.25) is 0 Å². The predicted octanol–water partition coefficient (Wildman–Crippen LogP) is 5.54. The molecule has 5 rings (SSSR count). The summed E-state index contributed by atoms with van der Waals surface area (Å²) < 4.78 is 0. The Morgan fingerprint density at radius 3 is 2.43 bits per heavy atom. The van der Waals surface area contributed by atoms with Crippen LogP contribution in [0.3, 0.4) is 0 Å². The molecule has 2 aliphatic rings. The van der Waals surface area contributed by atoms with Gasteiger partial charge < -0.3 is 15.7 Å². The van der Waals surface area contributed by atoms with Crippen LogP contribution in [0.4, 0.5) is 11.4 Å². The van der Waals surface area contributed by atoms with E-state index in [1.807, 2.05) is 36.4 Å². The van der Waals surface area contributed by atoms with Crippen LogP contribution in [0.25, 0.3) is 0 Å². The molecule has 3 N–H and O–H groups in total. The van der Waals surface area contributed by atoms with Gasteiger partial charge in [0.25, 0.3) is 0 Å². The van der Waals surface area contributed by atoms with Crippen LogP contribution >= 0.6 is 0 Å². The standard InChI is InChI=1S/C26H24N2O2/c1-16-9-11-17(12-10-16)19-14-23-25(24(30)15-19)26(18-5-4-6-20(29)13-18)28-22-8-3-2-7-21(22)27-23/h2-14,19,25-29H,15H2,1H3. The number of anilines is 2. The van der Waals surface area contributed by atoms with E-state index in [1.54, 1.807) is 12.1 Å². The van der Waals surface area contributed by atoms with Gasteiger partial charge in [-0.15, -0.1) is 0 Å². The van der Waals surface area contributed by atoms with Gasteiger partial charge in [0, 0.05) is 18.0 Å². The van der Waals surface area contributed by atoms with E-state index in [0.717, 1.165) is 28.2 Å². The zero-order valence-electron chi connectivity index (χ0n) is 16.8. The van der Waals surface area contributed by atoms with Crippen LogP contribution in [-0.2, 0) is 4.79 Å². The number of rotatable bonds is 2. The van der Waals surface area contributed by atoms with Crippen molar-refractivity contribution in [2.45, 2.75) is 25.3 Å². The number of para-hydroxylation sites is 2. The molecule has 1 heterocycles. The molecule has 30 heavy (non-hydrogen) atoms. The Kier molecular flexibility index (Phi) is 4.55. The number of aryl methyl sites for hydroxylation is 1. The van der Waals surface area contributed by atoms with E-state index in [1.165, 1.54) is 5.56 Å². The van der Waals surface area contributed by atoms with Crippen LogP contribution in [0, 0.1) is 12.8 Å². The van der Waals surface area contributed by atoms with Gasteiger partial charge in [0.1, 0.15) is 11.5 Å². The average Bonchev–Trinajstić information content (AvgIpc) is 2.91. The highest BCUT2D eigenvalue weighted by Crippen LogP contribution is 2.44. The maximum Gasteiger partial charge on any atom is 0.145 e. The number of Topliss-reactive ketones (excluding diaryl/α,β-unsaturated/α-hetero) is 1. The van der Waals surface area contributed by atoms with Gasteiger partial charge in [-0.1, -0.05) is 60.2 Å². The Morgan fingerprint density at radius 1 is 0.900 bits per heavy atom. The third-order valence-corrected chi connectivity index (χ3v) is 6.07. The summed E-state index contributed by atoms with van der Waals surface area (Å²) in [6, 6.07) is 23.3. The third-order valence-electron chi connectivity index (χ3n) is 6.07. The first-order chi connectivity index (χ1) is 14.6. The molecule has 150 valence electrons. The minimum atomic E-state index is -0.346. The van der Waals surface area contributed by atoms with Gasteiger partial charge in [-0.2, -0.15) is 0 Å². The molecule has 4 nitrogen and oxygen atoms in total. The Labute approximate surface area is 176 Å². The van der Waals surface area contributed by atoms with Crippen LogP contribution in [0.5, 0.6) is 5.75 Å². The first-order valence-corrected chi connectivity index (χ1v) is 10.3. The van der Waals surface area contributed by atoms with Gasteiger partial charge in [0.05, 0.1) is 23.3 Å². The van der Waals surface area contributed by atoms with E-state index in [4.69, 9.17) is 0 Å².